The predicted octanol–water partition coefficient (Wildman–Crippen LogP) is 4.57. The minimum Gasteiger partial charge on any atom is -0.0830 e. The first kappa shape index (κ1) is 9.75. The van der Waals surface area contributed by atoms with Crippen molar-refractivity contribution in [2.24, 2.45) is 0 Å². The number of hydrogen-bond acceptors (Lipinski definition) is 0. The fourth-order valence-electron chi connectivity index (χ4n) is 1.27. The molecule has 2 aromatic carbocycles. The molecule has 0 heterocycles. The van der Waals surface area contributed by atoms with Crippen LogP contribution in [0.15, 0.2) is 46.9 Å². The highest BCUT2D eigenvalue weighted by Crippen LogP contribution is 2.27. The van der Waals surface area contributed by atoms with Crippen molar-refractivity contribution in [2.45, 2.75) is 0 Å². The Morgan fingerprint density at radius 2 is 1.79 bits per heavy atom. The third kappa shape index (κ3) is 1.99. The highest BCUT2D eigenvalue weighted by Gasteiger charge is 2.01. The largest absolute Gasteiger partial charge is 0.0830 e. The van der Waals surface area contributed by atoms with Crippen LogP contribution in [0.4, 0.5) is 0 Å². The molecule has 0 amide bonds. The van der Waals surface area contributed by atoms with Crippen LogP contribution in [0.2, 0.25) is 5.02 Å². The Morgan fingerprint density at radius 1 is 1.07 bits per heavy atom. The van der Waals surface area contributed by atoms with Crippen molar-refractivity contribution in [3.63, 3.8) is 0 Å². The van der Waals surface area contributed by atoms with E-state index in [-0.39, 0.29) is 0 Å². The molecule has 1 radical (unpaired) electrons. The van der Waals surface area contributed by atoms with Gasteiger partial charge in [-0.2, -0.15) is 0 Å². The van der Waals surface area contributed by atoms with Gasteiger partial charge in [0.05, 0.1) is 5.02 Å². The minimum atomic E-state index is 0.662. The standard InChI is InChI=1S/C12H7BrCl/c13-10-7-5-9(6-8-10)11-3-1-2-4-12(11)14/h1-3,5-8H. The van der Waals surface area contributed by atoms with Crippen LogP contribution in [0.5, 0.6) is 0 Å². The highest BCUT2D eigenvalue weighted by molar-refractivity contribution is 9.10. The first-order valence-corrected chi connectivity index (χ1v) is 5.36. The van der Waals surface area contributed by atoms with Crippen LogP contribution in [0.25, 0.3) is 11.1 Å². The van der Waals surface area contributed by atoms with Gasteiger partial charge in [0.15, 0.2) is 0 Å². The van der Waals surface area contributed by atoms with E-state index in [1.807, 2.05) is 42.5 Å². The Labute approximate surface area is 96.7 Å². The average molecular weight is 267 g/mol. The SMILES string of the molecule is Clc1[c]cccc1-c1ccc(Br)cc1. The van der Waals surface area contributed by atoms with Crippen molar-refractivity contribution in [2.75, 3.05) is 0 Å². The Hall–Kier alpha value is -0.790. The summed E-state index contributed by atoms with van der Waals surface area (Å²) in [5.74, 6) is 0. The monoisotopic (exact) mass is 265 g/mol. The average Bonchev–Trinajstić information content (AvgIpc) is 2.20. The molecule has 69 valence electrons. The third-order valence-electron chi connectivity index (χ3n) is 1.96. The van der Waals surface area contributed by atoms with Gasteiger partial charge in [-0.15, -0.1) is 0 Å². The number of halogens is 2. The summed E-state index contributed by atoms with van der Waals surface area (Å²) in [7, 11) is 0. The van der Waals surface area contributed by atoms with Gasteiger partial charge >= 0.3 is 0 Å². The molecule has 0 saturated heterocycles. The van der Waals surface area contributed by atoms with Gasteiger partial charge in [-0.25, -0.2) is 0 Å². The van der Waals surface area contributed by atoms with Crippen molar-refractivity contribution >= 4 is 27.5 Å². The van der Waals surface area contributed by atoms with E-state index >= 15 is 0 Å². The van der Waals surface area contributed by atoms with E-state index in [1.165, 1.54) is 0 Å². The van der Waals surface area contributed by atoms with Crippen LogP contribution >= 0.6 is 27.5 Å². The van der Waals surface area contributed by atoms with Crippen LogP contribution in [0.3, 0.4) is 0 Å². The van der Waals surface area contributed by atoms with Gasteiger partial charge in [0.1, 0.15) is 0 Å². The highest BCUT2D eigenvalue weighted by atomic mass is 79.9. The molecule has 0 bridgehead atoms. The van der Waals surface area contributed by atoms with E-state index < -0.39 is 0 Å². The summed E-state index contributed by atoms with van der Waals surface area (Å²) in [6, 6.07) is 16.8. The van der Waals surface area contributed by atoms with Crippen molar-refractivity contribution in [3.05, 3.63) is 58.0 Å². The van der Waals surface area contributed by atoms with Crippen molar-refractivity contribution < 1.29 is 0 Å². The lowest BCUT2D eigenvalue weighted by molar-refractivity contribution is 1.59. The van der Waals surface area contributed by atoms with Gasteiger partial charge in [-0.1, -0.05) is 57.9 Å². The summed E-state index contributed by atoms with van der Waals surface area (Å²) in [5.41, 5.74) is 2.12. The summed E-state index contributed by atoms with van der Waals surface area (Å²) < 4.78 is 1.07. The second-order valence-corrected chi connectivity index (χ2v) is 4.20. The Morgan fingerprint density at radius 3 is 2.43 bits per heavy atom. The summed E-state index contributed by atoms with van der Waals surface area (Å²) >= 11 is 9.43. The van der Waals surface area contributed by atoms with Crippen LogP contribution in [-0.4, -0.2) is 0 Å². The smallest absolute Gasteiger partial charge is 0.0563 e. The Bertz CT molecular complexity index is 434. The molecule has 0 aliphatic carbocycles. The van der Waals surface area contributed by atoms with Crippen molar-refractivity contribution in [1.29, 1.82) is 0 Å². The normalized spacial score (nSPS) is 10.1. The van der Waals surface area contributed by atoms with E-state index in [1.54, 1.807) is 0 Å². The molecular weight excluding hydrogens is 259 g/mol. The van der Waals surface area contributed by atoms with Gasteiger partial charge in [0.2, 0.25) is 0 Å². The zero-order valence-corrected chi connectivity index (χ0v) is 9.64. The Kier molecular flexibility index (Phi) is 2.90. The quantitative estimate of drug-likeness (QED) is 0.709. The maximum Gasteiger partial charge on any atom is 0.0563 e. The van der Waals surface area contributed by atoms with Gasteiger partial charge in [0, 0.05) is 16.1 Å². The molecule has 0 spiro atoms. The lowest BCUT2D eigenvalue weighted by Crippen LogP contribution is -1.78. The molecule has 0 unspecified atom stereocenters. The summed E-state index contributed by atoms with van der Waals surface area (Å²) in [5, 5.41) is 0.662. The van der Waals surface area contributed by atoms with Crippen LogP contribution in [-0.2, 0) is 0 Å². The van der Waals surface area contributed by atoms with Crippen LogP contribution in [0, 0.1) is 6.07 Å². The van der Waals surface area contributed by atoms with E-state index in [4.69, 9.17) is 11.6 Å². The lowest BCUT2D eigenvalue weighted by atomic mass is 10.1. The van der Waals surface area contributed by atoms with Gasteiger partial charge in [-0.05, 0) is 17.7 Å². The maximum absolute atomic E-state index is 6.03. The molecule has 2 rings (SSSR count). The van der Waals surface area contributed by atoms with E-state index in [2.05, 4.69) is 22.0 Å². The number of benzene rings is 2. The molecule has 0 aliphatic heterocycles. The second kappa shape index (κ2) is 4.16. The molecule has 0 saturated carbocycles. The van der Waals surface area contributed by atoms with Gasteiger partial charge in [-0.3, -0.25) is 0 Å². The zero-order chi connectivity index (χ0) is 9.97. The lowest BCUT2D eigenvalue weighted by Gasteiger charge is -2.03. The molecule has 0 aromatic heterocycles. The van der Waals surface area contributed by atoms with Gasteiger partial charge in [0.25, 0.3) is 0 Å². The van der Waals surface area contributed by atoms with E-state index in [0.717, 1.165) is 15.6 Å². The molecule has 0 aliphatic rings. The third-order valence-corrected chi connectivity index (χ3v) is 2.80. The van der Waals surface area contributed by atoms with Crippen molar-refractivity contribution in [1.82, 2.24) is 0 Å². The Balaban J connectivity index is 2.50. The number of rotatable bonds is 1. The molecule has 2 aromatic rings. The zero-order valence-electron chi connectivity index (χ0n) is 7.30. The predicted molar refractivity (Wildman–Crippen MR) is 63.4 cm³/mol. The first-order chi connectivity index (χ1) is 6.77. The molecule has 0 nitrogen and oxygen atoms in total. The molecule has 14 heavy (non-hydrogen) atoms. The van der Waals surface area contributed by atoms with E-state index in [0.29, 0.717) is 5.02 Å². The molecule has 0 fully saturated rings. The first-order valence-electron chi connectivity index (χ1n) is 4.19. The minimum absolute atomic E-state index is 0.662. The fraction of sp³-hybridized carbons (Fsp3) is 0. The maximum atomic E-state index is 6.03. The molecular formula is C12H7BrCl. The summed E-state index contributed by atoms with van der Waals surface area (Å²) in [6.07, 6.45) is 0. The summed E-state index contributed by atoms with van der Waals surface area (Å²) in [6.45, 7) is 0. The van der Waals surface area contributed by atoms with Crippen LogP contribution < -0.4 is 0 Å². The summed E-state index contributed by atoms with van der Waals surface area (Å²) in [4.78, 5) is 0. The van der Waals surface area contributed by atoms with Gasteiger partial charge < -0.3 is 0 Å². The molecule has 2 heteroatoms. The fourth-order valence-corrected chi connectivity index (χ4v) is 1.77. The topological polar surface area (TPSA) is 0 Å². The second-order valence-electron chi connectivity index (χ2n) is 2.90. The molecule has 0 atom stereocenters. The van der Waals surface area contributed by atoms with Crippen molar-refractivity contribution in [3.8, 4) is 11.1 Å². The van der Waals surface area contributed by atoms with E-state index in [9.17, 15) is 0 Å². The number of hydrogen-bond donors (Lipinski definition) is 0. The molecule has 0 N–H and O–H groups in total. The van der Waals surface area contributed by atoms with Crippen LogP contribution in [0.1, 0.15) is 0 Å².